The number of carbonyl (C=O) groups excluding carboxylic acids is 3. The van der Waals surface area contributed by atoms with Gasteiger partial charge >= 0.3 is 5.97 Å². The van der Waals surface area contributed by atoms with E-state index in [-0.39, 0.29) is 24.8 Å². The molecule has 0 bridgehead atoms. The van der Waals surface area contributed by atoms with Crippen LogP contribution in [-0.2, 0) is 14.3 Å². The zero-order chi connectivity index (χ0) is 21.2. The van der Waals surface area contributed by atoms with Crippen LogP contribution < -0.4 is 15.4 Å². The summed E-state index contributed by atoms with van der Waals surface area (Å²) in [6, 6.07) is 13.2. The van der Waals surface area contributed by atoms with Gasteiger partial charge in [0.15, 0.2) is 0 Å². The number of amides is 2. The summed E-state index contributed by atoms with van der Waals surface area (Å²) in [6.07, 6.45) is 0.0114. The van der Waals surface area contributed by atoms with Crippen LogP contribution in [0.4, 0.5) is 5.69 Å². The zero-order valence-electron chi connectivity index (χ0n) is 16.9. The molecule has 0 saturated carbocycles. The highest BCUT2D eigenvalue weighted by molar-refractivity contribution is 5.96. The Hall–Kier alpha value is -3.35. The molecular weight excluding hydrogens is 372 g/mol. The van der Waals surface area contributed by atoms with Gasteiger partial charge in [-0.25, -0.2) is 0 Å². The maximum absolute atomic E-state index is 12.7. The average molecular weight is 398 g/mol. The van der Waals surface area contributed by atoms with Crippen LogP contribution in [0.2, 0.25) is 0 Å². The van der Waals surface area contributed by atoms with Crippen molar-refractivity contribution in [3.8, 4) is 5.75 Å². The largest absolute Gasteiger partial charge is 0.494 e. The topological polar surface area (TPSA) is 93.7 Å². The molecule has 0 radical (unpaired) electrons. The molecule has 0 fully saturated rings. The van der Waals surface area contributed by atoms with Crippen LogP contribution in [0.3, 0.4) is 0 Å². The van der Waals surface area contributed by atoms with E-state index in [1.165, 1.54) is 6.92 Å². The van der Waals surface area contributed by atoms with Crippen molar-refractivity contribution in [2.24, 2.45) is 0 Å². The molecule has 0 aliphatic carbocycles. The van der Waals surface area contributed by atoms with Gasteiger partial charge in [-0.1, -0.05) is 12.1 Å². The lowest BCUT2D eigenvalue weighted by Crippen LogP contribution is -2.30. The molecule has 7 heteroatoms. The van der Waals surface area contributed by atoms with Crippen molar-refractivity contribution in [3.05, 3.63) is 59.7 Å². The quantitative estimate of drug-likeness (QED) is 0.631. The first-order valence-electron chi connectivity index (χ1n) is 9.49. The summed E-state index contributed by atoms with van der Waals surface area (Å²) in [6.45, 7) is 5.87. The first kappa shape index (κ1) is 21.9. The summed E-state index contributed by atoms with van der Waals surface area (Å²) in [5, 5.41) is 5.53. The molecule has 0 aliphatic rings. The van der Waals surface area contributed by atoms with Gasteiger partial charge in [0, 0.05) is 18.2 Å². The molecule has 2 aromatic rings. The number of ether oxygens (including phenoxy) is 2. The van der Waals surface area contributed by atoms with E-state index in [0.717, 1.165) is 5.56 Å². The second kappa shape index (κ2) is 10.8. The van der Waals surface area contributed by atoms with Crippen LogP contribution in [-0.4, -0.2) is 31.0 Å². The number of esters is 1. The van der Waals surface area contributed by atoms with Crippen molar-refractivity contribution in [1.82, 2.24) is 5.32 Å². The van der Waals surface area contributed by atoms with Crippen molar-refractivity contribution >= 4 is 23.5 Å². The highest BCUT2D eigenvalue weighted by Crippen LogP contribution is 2.22. The Kier molecular flexibility index (Phi) is 8.21. The van der Waals surface area contributed by atoms with Gasteiger partial charge in [0.05, 0.1) is 25.7 Å². The maximum atomic E-state index is 12.7. The highest BCUT2D eigenvalue weighted by Gasteiger charge is 2.20. The van der Waals surface area contributed by atoms with Crippen molar-refractivity contribution in [2.75, 3.05) is 18.5 Å². The van der Waals surface area contributed by atoms with E-state index < -0.39 is 12.0 Å². The number of hydrogen-bond acceptors (Lipinski definition) is 5. The summed E-state index contributed by atoms with van der Waals surface area (Å²) in [5.41, 5.74) is 1.78. The van der Waals surface area contributed by atoms with Gasteiger partial charge in [0.2, 0.25) is 5.91 Å². The van der Waals surface area contributed by atoms with E-state index in [1.807, 2.05) is 19.1 Å². The summed E-state index contributed by atoms with van der Waals surface area (Å²) >= 11 is 0. The Morgan fingerprint density at radius 1 is 0.931 bits per heavy atom. The summed E-state index contributed by atoms with van der Waals surface area (Å²) < 4.78 is 10.5. The lowest BCUT2D eigenvalue weighted by Gasteiger charge is -2.19. The minimum atomic E-state index is -0.549. The summed E-state index contributed by atoms with van der Waals surface area (Å²) in [7, 11) is 0. The van der Waals surface area contributed by atoms with Crippen LogP contribution in [0.1, 0.15) is 49.2 Å². The lowest BCUT2D eigenvalue weighted by atomic mass is 10.0. The molecule has 2 rings (SSSR count). The second-order valence-electron chi connectivity index (χ2n) is 6.30. The zero-order valence-corrected chi connectivity index (χ0v) is 16.9. The van der Waals surface area contributed by atoms with Gasteiger partial charge in [-0.05, 0) is 55.8 Å². The van der Waals surface area contributed by atoms with Crippen LogP contribution in [0.5, 0.6) is 5.75 Å². The SMILES string of the molecule is CCOC(=O)CC(NC(=O)c1ccc(NC(C)=O)cc1)c1ccc(OCC)cc1. The Balaban J connectivity index is 2.16. The third kappa shape index (κ3) is 6.95. The fourth-order valence-corrected chi connectivity index (χ4v) is 2.75. The van der Waals surface area contributed by atoms with Crippen molar-refractivity contribution in [2.45, 2.75) is 33.2 Å². The van der Waals surface area contributed by atoms with E-state index in [9.17, 15) is 14.4 Å². The Labute approximate surface area is 170 Å². The van der Waals surface area contributed by atoms with Crippen LogP contribution in [0.25, 0.3) is 0 Å². The molecular formula is C22H26N2O5. The Bertz CT molecular complexity index is 831. The predicted octanol–water partition coefficient (Wildman–Crippen LogP) is 3.47. The minimum Gasteiger partial charge on any atom is -0.494 e. The van der Waals surface area contributed by atoms with Crippen LogP contribution >= 0.6 is 0 Å². The number of carbonyl (C=O) groups is 3. The Morgan fingerprint density at radius 2 is 1.59 bits per heavy atom. The first-order valence-corrected chi connectivity index (χ1v) is 9.49. The fraction of sp³-hybridized carbons (Fsp3) is 0.318. The van der Waals surface area contributed by atoms with E-state index >= 15 is 0 Å². The third-order valence-electron chi connectivity index (χ3n) is 4.04. The molecule has 154 valence electrons. The normalized spacial score (nSPS) is 11.3. The lowest BCUT2D eigenvalue weighted by molar-refractivity contribution is -0.143. The summed E-state index contributed by atoms with van der Waals surface area (Å²) in [4.78, 5) is 35.8. The fourth-order valence-electron chi connectivity index (χ4n) is 2.75. The van der Waals surface area contributed by atoms with Crippen molar-refractivity contribution < 1.29 is 23.9 Å². The number of rotatable bonds is 9. The number of hydrogen-bond donors (Lipinski definition) is 2. The van der Waals surface area contributed by atoms with Gasteiger partial charge in [0.25, 0.3) is 5.91 Å². The van der Waals surface area contributed by atoms with Gasteiger partial charge in [-0.15, -0.1) is 0 Å². The number of nitrogens with one attached hydrogen (secondary N) is 2. The Morgan fingerprint density at radius 3 is 2.14 bits per heavy atom. The molecule has 29 heavy (non-hydrogen) atoms. The van der Waals surface area contributed by atoms with E-state index in [2.05, 4.69) is 10.6 Å². The van der Waals surface area contributed by atoms with Gasteiger partial charge in [-0.3, -0.25) is 14.4 Å². The van der Waals surface area contributed by atoms with E-state index in [1.54, 1.807) is 43.3 Å². The third-order valence-corrected chi connectivity index (χ3v) is 4.04. The van der Waals surface area contributed by atoms with Gasteiger partial charge in [0.1, 0.15) is 5.75 Å². The van der Waals surface area contributed by atoms with E-state index in [0.29, 0.717) is 23.6 Å². The standard InChI is InChI=1S/C22H26N2O5/c1-4-28-19-12-8-16(9-13-19)20(14-21(26)29-5-2)24-22(27)17-6-10-18(11-7-17)23-15(3)25/h6-13,20H,4-5,14H2,1-3H3,(H,23,25)(H,24,27). The molecule has 1 atom stereocenters. The molecule has 1 unspecified atom stereocenters. The molecule has 2 N–H and O–H groups in total. The summed E-state index contributed by atoms with van der Waals surface area (Å²) in [5.74, 6) is -0.200. The molecule has 0 aromatic heterocycles. The molecule has 0 spiro atoms. The molecule has 7 nitrogen and oxygen atoms in total. The minimum absolute atomic E-state index is 0.0114. The molecule has 2 aromatic carbocycles. The van der Waals surface area contributed by atoms with Gasteiger partial charge < -0.3 is 20.1 Å². The van der Waals surface area contributed by atoms with Crippen molar-refractivity contribution in [3.63, 3.8) is 0 Å². The average Bonchev–Trinajstić information content (AvgIpc) is 2.68. The monoisotopic (exact) mass is 398 g/mol. The smallest absolute Gasteiger partial charge is 0.308 e. The van der Waals surface area contributed by atoms with Crippen molar-refractivity contribution in [1.29, 1.82) is 0 Å². The molecule has 2 amide bonds. The number of benzene rings is 2. The molecule has 0 aliphatic heterocycles. The van der Waals surface area contributed by atoms with Crippen LogP contribution in [0, 0.1) is 0 Å². The predicted molar refractivity (Wildman–Crippen MR) is 110 cm³/mol. The molecule has 0 saturated heterocycles. The maximum Gasteiger partial charge on any atom is 0.308 e. The first-order chi connectivity index (χ1) is 13.9. The highest BCUT2D eigenvalue weighted by atomic mass is 16.5. The van der Waals surface area contributed by atoms with Crippen LogP contribution in [0.15, 0.2) is 48.5 Å². The van der Waals surface area contributed by atoms with Gasteiger partial charge in [-0.2, -0.15) is 0 Å². The number of anilines is 1. The van der Waals surface area contributed by atoms with E-state index in [4.69, 9.17) is 9.47 Å². The molecule has 0 heterocycles. The second-order valence-corrected chi connectivity index (χ2v) is 6.30.